The molecule has 3 rings (SSSR count). The highest BCUT2D eigenvalue weighted by Crippen LogP contribution is 2.15. The van der Waals surface area contributed by atoms with Crippen LogP contribution in [0, 0.1) is 0 Å². The lowest BCUT2D eigenvalue weighted by Gasteiger charge is -2.28. The van der Waals surface area contributed by atoms with Crippen LogP contribution in [0.5, 0.6) is 0 Å². The van der Waals surface area contributed by atoms with Gasteiger partial charge in [-0.25, -0.2) is 0 Å². The van der Waals surface area contributed by atoms with Crippen molar-refractivity contribution >= 4 is 0 Å². The van der Waals surface area contributed by atoms with Crippen molar-refractivity contribution in [2.75, 3.05) is 19.6 Å². The predicted molar refractivity (Wildman–Crippen MR) is 75.1 cm³/mol. The minimum absolute atomic E-state index is 0.126. The fraction of sp³-hybridized carbons (Fsp3) is 0.467. The Labute approximate surface area is 118 Å². The first-order valence-electron chi connectivity index (χ1n) is 7.10. The number of rotatable bonds is 4. The molecule has 0 spiro atoms. The van der Waals surface area contributed by atoms with Gasteiger partial charge in [-0.3, -0.25) is 0 Å². The molecule has 1 aromatic heterocycles. The summed E-state index contributed by atoms with van der Waals surface area (Å²) in [5.74, 6) is 1.32. The van der Waals surface area contributed by atoms with E-state index in [-0.39, 0.29) is 6.10 Å². The largest absolute Gasteiger partial charge is 0.393 e. The van der Waals surface area contributed by atoms with E-state index in [1.54, 1.807) is 0 Å². The molecule has 20 heavy (non-hydrogen) atoms. The zero-order valence-corrected chi connectivity index (χ0v) is 11.4. The number of aromatic nitrogens is 2. The third-order valence-electron chi connectivity index (χ3n) is 3.70. The van der Waals surface area contributed by atoms with E-state index in [9.17, 15) is 5.11 Å². The van der Waals surface area contributed by atoms with Crippen LogP contribution in [0.2, 0.25) is 0 Å². The molecule has 0 aliphatic carbocycles. The molecule has 0 bridgehead atoms. The monoisotopic (exact) mass is 273 g/mol. The second kappa shape index (κ2) is 6.15. The number of aliphatic hydroxyl groups is 1. The van der Waals surface area contributed by atoms with Gasteiger partial charge in [0.05, 0.1) is 6.10 Å². The minimum atomic E-state index is -0.126. The normalized spacial score (nSPS) is 17.4. The van der Waals surface area contributed by atoms with Crippen LogP contribution >= 0.6 is 0 Å². The third-order valence-corrected chi connectivity index (χ3v) is 3.70. The first-order chi connectivity index (χ1) is 9.81. The van der Waals surface area contributed by atoms with Crippen molar-refractivity contribution in [3.8, 4) is 11.4 Å². The molecule has 0 unspecified atom stereocenters. The Morgan fingerprint density at radius 2 is 1.95 bits per heavy atom. The van der Waals surface area contributed by atoms with Crippen LogP contribution in [-0.2, 0) is 6.42 Å². The molecule has 0 radical (unpaired) electrons. The standard InChI is InChI=1S/C15H19N3O2/c19-13-6-9-18(10-7-13)11-8-14-16-15(17-20-14)12-4-2-1-3-5-12/h1-5,13,19H,6-11H2. The zero-order chi connectivity index (χ0) is 13.8. The lowest BCUT2D eigenvalue weighted by Crippen LogP contribution is -2.37. The summed E-state index contributed by atoms with van der Waals surface area (Å²) >= 11 is 0. The van der Waals surface area contributed by atoms with Gasteiger partial charge in [-0.05, 0) is 12.8 Å². The molecule has 2 heterocycles. The zero-order valence-electron chi connectivity index (χ0n) is 11.4. The van der Waals surface area contributed by atoms with Crippen molar-refractivity contribution in [3.05, 3.63) is 36.2 Å². The van der Waals surface area contributed by atoms with Crippen LogP contribution in [0.15, 0.2) is 34.9 Å². The van der Waals surface area contributed by atoms with Crippen molar-refractivity contribution < 1.29 is 9.63 Å². The minimum Gasteiger partial charge on any atom is -0.393 e. The van der Waals surface area contributed by atoms with E-state index in [0.717, 1.165) is 44.5 Å². The fourth-order valence-electron chi connectivity index (χ4n) is 2.46. The molecule has 2 aromatic rings. The molecule has 106 valence electrons. The van der Waals surface area contributed by atoms with E-state index in [0.29, 0.717) is 11.7 Å². The Bertz CT molecular complexity index is 533. The average Bonchev–Trinajstić information content (AvgIpc) is 2.97. The molecule has 1 aliphatic rings. The van der Waals surface area contributed by atoms with E-state index >= 15 is 0 Å². The Hall–Kier alpha value is -1.72. The van der Waals surface area contributed by atoms with Gasteiger partial charge in [0.1, 0.15) is 0 Å². The number of hydrogen-bond donors (Lipinski definition) is 1. The molecule has 0 amide bonds. The van der Waals surface area contributed by atoms with E-state index < -0.39 is 0 Å². The van der Waals surface area contributed by atoms with Crippen molar-refractivity contribution in [1.29, 1.82) is 0 Å². The van der Waals surface area contributed by atoms with Gasteiger partial charge in [-0.15, -0.1) is 0 Å². The Morgan fingerprint density at radius 3 is 2.70 bits per heavy atom. The fourth-order valence-corrected chi connectivity index (χ4v) is 2.46. The van der Waals surface area contributed by atoms with Crippen molar-refractivity contribution in [3.63, 3.8) is 0 Å². The van der Waals surface area contributed by atoms with Crippen molar-refractivity contribution in [2.24, 2.45) is 0 Å². The number of aliphatic hydroxyl groups excluding tert-OH is 1. The second-order valence-electron chi connectivity index (χ2n) is 5.20. The predicted octanol–water partition coefficient (Wildman–Crippen LogP) is 1.74. The Morgan fingerprint density at radius 1 is 1.20 bits per heavy atom. The quantitative estimate of drug-likeness (QED) is 0.919. The molecule has 5 nitrogen and oxygen atoms in total. The smallest absolute Gasteiger partial charge is 0.228 e. The van der Waals surface area contributed by atoms with Gasteiger partial charge in [0, 0.05) is 31.6 Å². The van der Waals surface area contributed by atoms with Gasteiger partial charge < -0.3 is 14.5 Å². The van der Waals surface area contributed by atoms with E-state index in [1.165, 1.54) is 0 Å². The van der Waals surface area contributed by atoms with Gasteiger partial charge in [0.25, 0.3) is 0 Å². The second-order valence-corrected chi connectivity index (χ2v) is 5.20. The molecule has 5 heteroatoms. The number of nitrogens with zero attached hydrogens (tertiary/aromatic N) is 3. The van der Waals surface area contributed by atoms with E-state index in [1.807, 2.05) is 30.3 Å². The van der Waals surface area contributed by atoms with Crippen LogP contribution in [-0.4, -0.2) is 45.9 Å². The highest BCUT2D eigenvalue weighted by molar-refractivity contribution is 5.53. The molecular weight excluding hydrogens is 254 g/mol. The van der Waals surface area contributed by atoms with Crippen LogP contribution < -0.4 is 0 Å². The molecule has 1 saturated heterocycles. The van der Waals surface area contributed by atoms with Crippen LogP contribution in [0.4, 0.5) is 0 Å². The lowest BCUT2D eigenvalue weighted by atomic mass is 10.1. The summed E-state index contributed by atoms with van der Waals surface area (Å²) in [6.45, 7) is 2.80. The molecule has 0 atom stereocenters. The maximum atomic E-state index is 9.47. The Kier molecular flexibility index (Phi) is 4.08. The average molecular weight is 273 g/mol. The highest BCUT2D eigenvalue weighted by Gasteiger charge is 2.17. The van der Waals surface area contributed by atoms with Crippen LogP contribution in [0.1, 0.15) is 18.7 Å². The molecular formula is C15H19N3O2. The molecule has 1 N–H and O–H groups in total. The van der Waals surface area contributed by atoms with Gasteiger partial charge in [-0.1, -0.05) is 35.5 Å². The van der Waals surface area contributed by atoms with Crippen LogP contribution in [0.25, 0.3) is 11.4 Å². The number of likely N-dealkylation sites (tertiary alicyclic amines) is 1. The maximum absolute atomic E-state index is 9.47. The molecule has 1 aliphatic heterocycles. The van der Waals surface area contributed by atoms with Gasteiger partial charge in [-0.2, -0.15) is 4.98 Å². The van der Waals surface area contributed by atoms with Crippen molar-refractivity contribution in [1.82, 2.24) is 15.0 Å². The van der Waals surface area contributed by atoms with E-state index in [2.05, 4.69) is 15.0 Å². The summed E-state index contributed by atoms with van der Waals surface area (Å²) in [7, 11) is 0. The topological polar surface area (TPSA) is 62.4 Å². The lowest BCUT2D eigenvalue weighted by molar-refractivity contribution is 0.0822. The summed E-state index contributed by atoms with van der Waals surface area (Å²) in [5, 5.41) is 13.5. The first kappa shape index (κ1) is 13.3. The summed E-state index contributed by atoms with van der Waals surface area (Å²) in [4.78, 5) is 6.76. The summed E-state index contributed by atoms with van der Waals surface area (Å²) < 4.78 is 5.29. The van der Waals surface area contributed by atoms with Crippen LogP contribution in [0.3, 0.4) is 0 Å². The SMILES string of the molecule is OC1CCN(CCc2nc(-c3ccccc3)no2)CC1. The molecule has 0 saturated carbocycles. The number of hydrogen-bond acceptors (Lipinski definition) is 5. The summed E-state index contributed by atoms with van der Waals surface area (Å²) in [5.41, 5.74) is 0.976. The van der Waals surface area contributed by atoms with E-state index in [4.69, 9.17) is 4.52 Å². The highest BCUT2D eigenvalue weighted by atomic mass is 16.5. The summed E-state index contributed by atoms with van der Waals surface area (Å²) in [6.07, 6.45) is 2.35. The summed E-state index contributed by atoms with van der Waals surface area (Å²) in [6, 6.07) is 9.84. The van der Waals surface area contributed by atoms with Crippen molar-refractivity contribution in [2.45, 2.75) is 25.4 Å². The van der Waals surface area contributed by atoms with Gasteiger partial charge in [0.15, 0.2) is 0 Å². The first-order valence-corrected chi connectivity index (χ1v) is 7.10. The number of piperidine rings is 1. The maximum Gasteiger partial charge on any atom is 0.228 e. The van der Waals surface area contributed by atoms with Gasteiger partial charge in [0.2, 0.25) is 11.7 Å². The third kappa shape index (κ3) is 3.23. The van der Waals surface area contributed by atoms with Gasteiger partial charge >= 0.3 is 0 Å². The Balaban J connectivity index is 1.55. The molecule has 1 fully saturated rings. The molecule has 1 aromatic carbocycles. The number of benzene rings is 1.